The molecule has 0 bridgehead atoms. The number of aryl methyl sites for hydroxylation is 3. The van der Waals surface area contributed by atoms with E-state index in [0.717, 1.165) is 11.4 Å². The number of nitrogens with zero attached hydrogens (tertiary/aromatic N) is 2. The molecule has 2 rings (SSSR count). The lowest BCUT2D eigenvalue weighted by Crippen LogP contribution is -2.29. The molecule has 0 fully saturated rings. The molecular formula is C12H18N4S. The summed E-state index contributed by atoms with van der Waals surface area (Å²) < 4.78 is 1.90. The Morgan fingerprint density at radius 1 is 1.41 bits per heavy atom. The van der Waals surface area contributed by atoms with Crippen LogP contribution in [0, 0.1) is 20.8 Å². The number of hydrogen-bond donors (Lipinski definition) is 2. The smallest absolute Gasteiger partial charge is 0.0754 e. The van der Waals surface area contributed by atoms with Crippen molar-refractivity contribution in [2.45, 2.75) is 26.8 Å². The van der Waals surface area contributed by atoms with Crippen molar-refractivity contribution in [3.63, 3.8) is 0 Å². The average molecular weight is 250 g/mol. The largest absolute Gasteiger partial charge is 0.272 e. The van der Waals surface area contributed by atoms with Crippen molar-refractivity contribution in [2.24, 2.45) is 12.9 Å². The van der Waals surface area contributed by atoms with Crippen LogP contribution in [0.25, 0.3) is 0 Å². The van der Waals surface area contributed by atoms with Crippen LogP contribution in [0.15, 0.2) is 11.4 Å². The zero-order valence-corrected chi connectivity index (χ0v) is 11.4. The fourth-order valence-electron chi connectivity index (χ4n) is 2.17. The molecule has 0 aromatic carbocycles. The number of nitrogens with two attached hydrogens (primary N) is 1. The van der Waals surface area contributed by atoms with Gasteiger partial charge in [-0.2, -0.15) is 5.10 Å². The van der Waals surface area contributed by atoms with Crippen molar-refractivity contribution in [2.75, 3.05) is 0 Å². The van der Waals surface area contributed by atoms with Crippen molar-refractivity contribution in [1.82, 2.24) is 15.2 Å². The maximum absolute atomic E-state index is 5.71. The first-order chi connectivity index (χ1) is 8.04. The van der Waals surface area contributed by atoms with Crippen molar-refractivity contribution >= 4 is 11.3 Å². The van der Waals surface area contributed by atoms with Gasteiger partial charge in [-0.1, -0.05) is 0 Å². The summed E-state index contributed by atoms with van der Waals surface area (Å²) in [6, 6.07) is 2.19. The van der Waals surface area contributed by atoms with Crippen LogP contribution in [-0.2, 0) is 7.05 Å². The Kier molecular flexibility index (Phi) is 3.33. The predicted molar refractivity (Wildman–Crippen MR) is 70.9 cm³/mol. The van der Waals surface area contributed by atoms with Gasteiger partial charge in [-0.3, -0.25) is 10.5 Å². The Bertz CT molecular complexity index is 527. The van der Waals surface area contributed by atoms with E-state index in [1.807, 2.05) is 18.7 Å². The van der Waals surface area contributed by atoms with Crippen molar-refractivity contribution in [3.05, 3.63) is 38.8 Å². The highest BCUT2D eigenvalue weighted by atomic mass is 32.1. The first kappa shape index (κ1) is 12.3. The molecule has 0 aliphatic carbocycles. The summed E-state index contributed by atoms with van der Waals surface area (Å²) in [6.07, 6.45) is 0. The van der Waals surface area contributed by atoms with E-state index in [1.54, 1.807) is 11.3 Å². The Hall–Kier alpha value is -1.17. The quantitative estimate of drug-likeness (QED) is 0.647. The monoisotopic (exact) mass is 250 g/mol. The molecule has 2 aromatic heterocycles. The third-order valence-corrected chi connectivity index (χ3v) is 3.98. The molecule has 0 aliphatic rings. The summed E-state index contributed by atoms with van der Waals surface area (Å²) in [7, 11) is 1.96. The van der Waals surface area contributed by atoms with Gasteiger partial charge in [0, 0.05) is 23.2 Å². The van der Waals surface area contributed by atoms with E-state index in [0.29, 0.717) is 0 Å². The van der Waals surface area contributed by atoms with Gasteiger partial charge < -0.3 is 0 Å². The van der Waals surface area contributed by atoms with Gasteiger partial charge in [0.1, 0.15) is 0 Å². The molecule has 17 heavy (non-hydrogen) atoms. The summed E-state index contributed by atoms with van der Waals surface area (Å²) in [4.78, 5) is 1.29. The standard InChI is InChI=1S/C12H18N4S/c1-7-5-10(6-17-7)12(14-13)11-8(2)15-16(4)9(11)3/h5-6,12,14H,13H2,1-4H3. The molecule has 92 valence electrons. The fraction of sp³-hybridized carbons (Fsp3) is 0.417. The Morgan fingerprint density at radius 3 is 2.53 bits per heavy atom. The molecule has 1 unspecified atom stereocenters. The molecule has 0 amide bonds. The highest BCUT2D eigenvalue weighted by Gasteiger charge is 2.21. The van der Waals surface area contributed by atoms with Crippen molar-refractivity contribution in [1.29, 1.82) is 0 Å². The Labute approximate surface area is 105 Å². The Balaban J connectivity index is 2.49. The first-order valence-electron chi connectivity index (χ1n) is 5.55. The molecular weight excluding hydrogens is 232 g/mol. The fourth-order valence-corrected chi connectivity index (χ4v) is 2.90. The van der Waals surface area contributed by atoms with Crippen LogP contribution in [0.4, 0.5) is 0 Å². The van der Waals surface area contributed by atoms with E-state index in [-0.39, 0.29) is 6.04 Å². The molecule has 4 nitrogen and oxygen atoms in total. The van der Waals surface area contributed by atoms with E-state index in [1.165, 1.54) is 16.0 Å². The highest BCUT2D eigenvalue weighted by molar-refractivity contribution is 7.10. The number of thiophene rings is 1. The lowest BCUT2D eigenvalue weighted by molar-refractivity contribution is 0.630. The van der Waals surface area contributed by atoms with Crippen LogP contribution in [0.2, 0.25) is 0 Å². The molecule has 0 saturated heterocycles. The molecule has 5 heteroatoms. The SMILES string of the molecule is Cc1cc(C(NN)c2c(C)nn(C)c2C)cs1. The molecule has 0 radical (unpaired) electrons. The number of hydrazine groups is 1. The zero-order valence-electron chi connectivity index (χ0n) is 10.6. The maximum atomic E-state index is 5.71. The molecule has 0 saturated carbocycles. The van der Waals surface area contributed by atoms with Gasteiger partial charge in [-0.25, -0.2) is 5.43 Å². The van der Waals surface area contributed by atoms with E-state index in [2.05, 4.69) is 35.8 Å². The van der Waals surface area contributed by atoms with E-state index >= 15 is 0 Å². The van der Waals surface area contributed by atoms with Crippen LogP contribution >= 0.6 is 11.3 Å². The number of hydrogen-bond acceptors (Lipinski definition) is 4. The lowest BCUT2D eigenvalue weighted by Gasteiger charge is -2.15. The van der Waals surface area contributed by atoms with E-state index in [4.69, 9.17) is 5.84 Å². The van der Waals surface area contributed by atoms with Gasteiger partial charge in [0.2, 0.25) is 0 Å². The zero-order chi connectivity index (χ0) is 12.6. The lowest BCUT2D eigenvalue weighted by atomic mass is 10.00. The molecule has 0 aliphatic heterocycles. The highest BCUT2D eigenvalue weighted by Crippen LogP contribution is 2.29. The second kappa shape index (κ2) is 4.60. The minimum Gasteiger partial charge on any atom is -0.272 e. The second-order valence-electron chi connectivity index (χ2n) is 4.30. The maximum Gasteiger partial charge on any atom is 0.0754 e. The van der Waals surface area contributed by atoms with Gasteiger partial charge in [0.05, 0.1) is 11.7 Å². The number of rotatable bonds is 3. The molecule has 2 heterocycles. The van der Waals surface area contributed by atoms with Gasteiger partial charge in [0.15, 0.2) is 0 Å². The summed E-state index contributed by atoms with van der Waals surface area (Å²) in [5.41, 5.74) is 7.45. The molecule has 2 aromatic rings. The van der Waals surface area contributed by atoms with Gasteiger partial charge in [-0.15, -0.1) is 11.3 Å². The normalized spacial score (nSPS) is 13.0. The molecule has 1 atom stereocenters. The second-order valence-corrected chi connectivity index (χ2v) is 5.41. The topological polar surface area (TPSA) is 55.9 Å². The molecule has 0 spiro atoms. The molecule has 3 N–H and O–H groups in total. The summed E-state index contributed by atoms with van der Waals surface area (Å²) in [5.74, 6) is 5.71. The van der Waals surface area contributed by atoms with Crippen LogP contribution in [0.3, 0.4) is 0 Å². The summed E-state index contributed by atoms with van der Waals surface area (Å²) in [5, 5.41) is 6.58. The van der Waals surface area contributed by atoms with E-state index < -0.39 is 0 Å². The minimum atomic E-state index is 0.0219. The van der Waals surface area contributed by atoms with Crippen LogP contribution in [0.5, 0.6) is 0 Å². The summed E-state index contributed by atoms with van der Waals surface area (Å²) in [6.45, 7) is 6.19. The van der Waals surface area contributed by atoms with Crippen LogP contribution in [-0.4, -0.2) is 9.78 Å². The minimum absolute atomic E-state index is 0.0219. The van der Waals surface area contributed by atoms with Crippen molar-refractivity contribution < 1.29 is 0 Å². The predicted octanol–water partition coefficient (Wildman–Crippen LogP) is 1.96. The third-order valence-electron chi connectivity index (χ3n) is 3.10. The van der Waals surface area contributed by atoms with Gasteiger partial charge in [-0.05, 0) is 37.8 Å². The first-order valence-corrected chi connectivity index (χ1v) is 6.43. The number of aromatic nitrogens is 2. The summed E-state index contributed by atoms with van der Waals surface area (Å²) >= 11 is 1.74. The average Bonchev–Trinajstić information content (AvgIpc) is 2.79. The van der Waals surface area contributed by atoms with Gasteiger partial charge in [0.25, 0.3) is 0 Å². The van der Waals surface area contributed by atoms with Crippen LogP contribution in [0.1, 0.15) is 33.4 Å². The van der Waals surface area contributed by atoms with E-state index in [9.17, 15) is 0 Å². The number of nitrogens with one attached hydrogen (secondary N) is 1. The third kappa shape index (κ3) is 2.13. The Morgan fingerprint density at radius 2 is 2.12 bits per heavy atom. The van der Waals surface area contributed by atoms with Crippen LogP contribution < -0.4 is 11.3 Å². The van der Waals surface area contributed by atoms with Crippen molar-refractivity contribution in [3.8, 4) is 0 Å². The van der Waals surface area contributed by atoms with Gasteiger partial charge >= 0.3 is 0 Å².